The number of allylic oxidation sites excluding steroid dienone is 1. The zero-order chi connectivity index (χ0) is 22.6. The molecule has 0 saturated heterocycles. The van der Waals surface area contributed by atoms with Crippen LogP contribution in [0, 0.1) is 0 Å². The highest BCUT2D eigenvalue weighted by Gasteiger charge is 2.11. The molecule has 0 fully saturated rings. The molecule has 0 spiro atoms. The zero-order valence-electron chi connectivity index (χ0n) is 19.0. The van der Waals surface area contributed by atoms with Crippen molar-refractivity contribution >= 4 is 24.9 Å². The van der Waals surface area contributed by atoms with E-state index < -0.39 is 0 Å². The predicted molar refractivity (Wildman–Crippen MR) is 129 cm³/mol. The molecule has 1 N–H and O–H groups in total. The molecule has 0 unspecified atom stereocenters. The molecule has 1 aromatic heterocycles. The molecule has 0 aliphatic rings. The quantitative estimate of drug-likeness (QED) is 0.232. The summed E-state index contributed by atoms with van der Waals surface area (Å²) in [4.78, 5) is 23.9. The van der Waals surface area contributed by atoms with E-state index in [1.54, 1.807) is 0 Å². The molecule has 0 aliphatic carbocycles. The van der Waals surface area contributed by atoms with Gasteiger partial charge in [-0.05, 0) is 43.4 Å². The Kier molecular flexibility index (Phi) is 9.64. The molecule has 2 rings (SSSR count). The summed E-state index contributed by atoms with van der Waals surface area (Å²) in [7, 11) is 3.93. The highest BCUT2D eigenvalue weighted by molar-refractivity contribution is 6.02. The van der Waals surface area contributed by atoms with Crippen molar-refractivity contribution in [1.82, 2.24) is 20.0 Å². The number of carbonyl (C=O) groups is 1. The maximum Gasteiger partial charge on any atom is 0.155 e. The molecular formula is C23H33N7O. The molecule has 0 bridgehead atoms. The van der Waals surface area contributed by atoms with Crippen LogP contribution < -0.4 is 10.2 Å². The van der Waals surface area contributed by atoms with Crippen LogP contribution in [0.25, 0.3) is 5.69 Å². The Hall–Kier alpha value is -3.26. The average molecular weight is 424 g/mol. The van der Waals surface area contributed by atoms with Crippen molar-refractivity contribution in [3.63, 3.8) is 0 Å². The van der Waals surface area contributed by atoms with Crippen molar-refractivity contribution < 1.29 is 4.79 Å². The summed E-state index contributed by atoms with van der Waals surface area (Å²) in [5, 5.41) is 7.53. The fraction of sp³-hybridized carbons (Fsp3) is 0.391. The van der Waals surface area contributed by atoms with Crippen molar-refractivity contribution in [2.24, 2.45) is 9.98 Å². The van der Waals surface area contributed by atoms with Crippen LogP contribution in [0.4, 0.5) is 5.69 Å². The van der Waals surface area contributed by atoms with Crippen molar-refractivity contribution in [2.45, 2.75) is 20.3 Å². The predicted octanol–water partition coefficient (Wildman–Crippen LogP) is 2.55. The van der Waals surface area contributed by atoms with E-state index in [-0.39, 0.29) is 0 Å². The van der Waals surface area contributed by atoms with E-state index >= 15 is 0 Å². The van der Waals surface area contributed by atoms with Gasteiger partial charge in [-0.15, -0.1) is 0 Å². The molecule has 0 atom stereocenters. The van der Waals surface area contributed by atoms with Gasteiger partial charge in [0.25, 0.3) is 0 Å². The number of aromatic nitrogens is 2. The first-order valence-corrected chi connectivity index (χ1v) is 10.5. The van der Waals surface area contributed by atoms with Crippen molar-refractivity contribution in [3.05, 3.63) is 53.6 Å². The molecular weight excluding hydrogens is 390 g/mol. The van der Waals surface area contributed by atoms with Gasteiger partial charge in [0.05, 0.1) is 24.1 Å². The minimum Gasteiger partial charge on any atom is -0.373 e. The Morgan fingerprint density at radius 2 is 2.10 bits per heavy atom. The summed E-state index contributed by atoms with van der Waals surface area (Å²) in [5.74, 6) is 0.515. The smallest absolute Gasteiger partial charge is 0.155 e. The van der Waals surface area contributed by atoms with E-state index in [0.717, 1.165) is 37.2 Å². The molecule has 31 heavy (non-hydrogen) atoms. The monoisotopic (exact) mass is 423 g/mol. The number of nitrogens with zero attached hydrogens (tertiary/aromatic N) is 6. The third kappa shape index (κ3) is 6.89. The molecule has 8 heteroatoms. The lowest BCUT2D eigenvalue weighted by Crippen LogP contribution is -2.31. The highest BCUT2D eigenvalue weighted by Crippen LogP contribution is 2.18. The van der Waals surface area contributed by atoms with Crippen LogP contribution >= 0.6 is 0 Å². The lowest BCUT2D eigenvalue weighted by atomic mass is 10.2. The summed E-state index contributed by atoms with van der Waals surface area (Å²) in [6.07, 6.45) is 7.21. The largest absolute Gasteiger partial charge is 0.373 e. The Bertz CT molecular complexity index is 916. The lowest BCUT2D eigenvalue weighted by molar-refractivity contribution is -0.104. The second-order valence-electron chi connectivity index (χ2n) is 7.14. The number of hydrogen-bond donors (Lipinski definition) is 1. The first-order valence-electron chi connectivity index (χ1n) is 10.5. The molecule has 2 aromatic rings. The van der Waals surface area contributed by atoms with Gasteiger partial charge in [0.2, 0.25) is 0 Å². The van der Waals surface area contributed by atoms with Crippen LogP contribution in [-0.4, -0.2) is 74.3 Å². The summed E-state index contributed by atoms with van der Waals surface area (Å²) < 4.78 is 1.90. The first kappa shape index (κ1) is 24.0. The highest BCUT2D eigenvalue weighted by atomic mass is 16.1. The van der Waals surface area contributed by atoms with Crippen LogP contribution in [0.1, 0.15) is 19.4 Å². The van der Waals surface area contributed by atoms with Gasteiger partial charge in [-0.3, -0.25) is 15.1 Å². The van der Waals surface area contributed by atoms with Gasteiger partial charge < -0.3 is 9.80 Å². The minimum absolute atomic E-state index is 0.408. The maximum absolute atomic E-state index is 11.5. The number of rotatable bonds is 13. The number of carbonyl (C=O) groups excluding carboxylic acids is 1. The van der Waals surface area contributed by atoms with Gasteiger partial charge in [-0.2, -0.15) is 5.10 Å². The Morgan fingerprint density at radius 3 is 2.74 bits per heavy atom. The zero-order valence-corrected chi connectivity index (χ0v) is 19.0. The van der Waals surface area contributed by atoms with Crippen molar-refractivity contribution in [1.29, 1.82) is 0 Å². The summed E-state index contributed by atoms with van der Waals surface area (Å²) >= 11 is 0. The average Bonchev–Trinajstić information content (AvgIpc) is 3.29. The number of aryl methyl sites for hydroxylation is 1. The number of aliphatic imine (C=N–C) groups is 2. The SMILES string of the molecule is C=N/C(=C(/C=O)C=NCNCC)N(C)CCN(C)c1cccc(-n2cc(CC)cn2)c1. The number of hydrogen-bond acceptors (Lipinski definition) is 7. The van der Waals surface area contributed by atoms with Gasteiger partial charge in [0, 0.05) is 45.3 Å². The van der Waals surface area contributed by atoms with Crippen molar-refractivity contribution in [2.75, 3.05) is 45.3 Å². The summed E-state index contributed by atoms with van der Waals surface area (Å²) in [6.45, 7) is 10.4. The van der Waals surface area contributed by atoms with E-state index in [9.17, 15) is 4.79 Å². The van der Waals surface area contributed by atoms with Gasteiger partial charge >= 0.3 is 0 Å². The molecule has 1 heterocycles. The maximum atomic E-state index is 11.5. The number of benzene rings is 1. The van der Waals surface area contributed by atoms with E-state index in [2.05, 4.69) is 57.3 Å². The molecule has 0 saturated carbocycles. The molecule has 8 nitrogen and oxygen atoms in total. The van der Waals surface area contributed by atoms with Gasteiger partial charge in [-0.1, -0.05) is 19.9 Å². The Morgan fingerprint density at radius 1 is 1.29 bits per heavy atom. The van der Waals surface area contributed by atoms with Crippen LogP contribution in [0.15, 0.2) is 58.0 Å². The van der Waals surface area contributed by atoms with Gasteiger partial charge in [0.1, 0.15) is 5.82 Å². The van der Waals surface area contributed by atoms with Gasteiger partial charge in [-0.25, -0.2) is 9.67 Å². The molecule has 1 aromatic carbocycles. The lowest BCUT2D eigenvalue weighted by Gasteiger charge is -2.25. The minimum atomic E-state index is 0.408. The molecule has 0 radical (unpaired) electrons. The van der Waals surface area contributed by atoms with Crippen LogP contribution in [0.2, 0.25) is 0 Å². The van der Waals surface area contributed by atoms with Crippen molar-refractivity contribution in [3.8, 4) is 5.69 Å². The number of anilines is 1. The third-order valence-corrected chi connectivity index (χ3v) is 4.93. The van der Waals surface area contributed by atoms with E-state index in [0.29, 0.717) is 24.6 Å². The fourth-order valence-electron chi connectivity index (χ4n) is 2.99. The number of likely N-dealkylation sites (N-methyl/N-ethyl adjacent to an activating group) is 2. The summed E-state index contributed by atoms with van der Waals surface area (Å²) in [5.41, 5.74) is 3.72. The molecule has 0 aliphatic heterocycles. The normalized spacial score (nSPS) is 12.0. The number of aldehydes is 1. The Labute approximate surface area is 185 Å². The second kappa shape index (κ2) is 12.4. The Balaban J connectivity index is 2.06. The van der Waals surface area contributed by atoms with Gasteiger partial charge in [0.15, 0.2) is 6.29 Å². The van der Waals surface area contributed by atoms with E-state index in [1.165, 1.54) is 11.8 Å². The molecule has 0 amide bonds. The fourth-order valence-corrected chi connectivity index (χ4v) is 2.99. The van der Waals surface area contributed by atoms with Crippen LogP contribution in [0.5, 0.6) is 0 Å². The van der Waals surface area contributed by atoms with E-state index in [1.807, 2.05) is 48.9 Å². The van der Waals surface area contributed by atoms with Crippen LogP contribution in [0.3, 0.4) is 0 Å². The second-order valence-corrected chi connectivity index (χ2v) is 7.14. The number of nitrogens with one attached hydrogen (secondary N) is 1. The third-order valence-electron chi connectivity index (χ3n) is 4.93. The topological polar surface area (TPSA) is 78.1 Å². The van der Waals surface area contributed by atoms with Crippen LogP contribution in [-0.2, 0) is 11.2 Å². The summed E-state index contributed by atoms with van der Waals surface area (Å²) in [6, 6.07) is 8.25. The first-order chi connectivity index (χ1) is 15.0. The van der Waals surface area contributed by atoms with E-state index in [4.69, 9.17) is 0 Å². The molecule has 166 valence electrons. The standard InChI is InChI=1S/C23H33N7O/c1-6-19-14-27-30(16-19)22-10-8-9-21(13-22)28(4)11-12-29(5)23(24-3)20(17-31)15-26-18-25-7-2/h8-10,13-17,25H,3,6-7,11-12,18H2,1-2,4-5H3/b23-20-,26-15?.